The summed E-state index contributed by atoms with van der Waals surface area (Å²) in [5, 5.41) is 19.6. The number of rotatable bonds is 14. The molecule has 6 aromatic heterocycles. The molecule has 0 fully saturated rings. The van der Waals surface area contributed by atoms with Crippen molar-refractivity contribution >= 4 is 5.71 Å². The fourth-order valence-corrected chi connectivity index (χ4v) is 7.14. The Labute approximate surface area is 475 Å². The van der Waals surface area contributed by atoms with Crippen molar-refractivity contribution in [3.63, 3.8) is 0 Å². The van der Waals surface area contributed by atoms with Crippen LogP contribution in [-0.4, -0.2) is 64.8 Å². The average molecular weight is 1080 g/mol. The fourth-order valence-electron chi connectivity index (χ4n) is 7.14. The lowest BCUT2D eigenvalue weighted by atomic mass is 9.96. The molecule has 0 unspecified atom stereocenters. The minimum atomic E-state index is 0.391. The quantitative estimate of drug-likeness (QED) is 0.113. The van der Waals surface area contributed by atoms with E-state index in [-0.39, 0.29) is 0 Å². The van der Waals surface area contributed by atoms with Crippen molar-refractivity contribution in [1.82, 2.24) is 59.1 Å². The Bertz CT molecular complexity index is 2120. The van der Waals surface area contributed by atoms with Crippen LogP contribution in [0, 0.1) is 11.8 Å². The summed E-state index contributed by atoms with van der Waals surface area (Å²) in [6.07, 6.45) is 17.1. The summed E-state index contributed by atoms with van der Waals surface area (Å²) in [6, 6.07) is 3.56. The maximum absolute atomic E-state index is 5.50. The molecule has 0 saturated carbocycles. The van der Waals surface area contributed by atoms with E-state index in [0.717, 1.165) is 29.5 Å². The Hall–Kier alpha value is -5.40. The number of H-pyrrole nitrogens is 1. The van der Waals surface area contributed by atoms with Crippen LogP contribution in [0.3, 0.4) is 0 Å². The van der Waals surface area contributed by atoms with Crippen molar-refractivity contribution in [2.24, 2.45) is 23.9 Å². The highest BCUT2D eigenvalue weighted by molar-refractivity contribution is 5.90. The Morgan fingerprint density at radius 1 is 0.500 bits per heavy atom. The molecular formula is C64H113N13O. The van der Waals surface area contributed by atoms with E-state index in [2.05, 4.69) is 274 Å². The number of allylic oxidation sites excluding steroid dienone is 1. The second kappa shape index (κ2) is 34.6. The summed E-state index contributed by atoms with van der Waals surface area (Å²) in [5.74, 6) is 8.86. The van der Waals surface area contributed by atoms with Crippen LogP contribution in [-0.2, 0) is 7.05 Å². The molecule has 0 spiro atoms. The molecule has 7 rings (SSSR count). The molecule has 14 nitrogen and oxygen atoms in total. The van der Waals surface area contributed by atoms with Crippen LogP contribution in [0.2, 0.25) is 0 Å². The second-order valence-electron chi connectivity index (χ2n) is 25.1. The van der Waals surface area contributed by atoms with E-state index < -0.39 is 0 Å². The van der Waals surface area contributed by atoms with E-state index in [1.54, 1.807) is 0 Å². The molecule has 1 N–H and O–H groups in total. The van der Waals surface area contributed by atoms with Crippen LogP contribution in [0.25, 0.3) is 0 Å². The van der Waals surface area contributed by atoms with Crippen LogP contribution < -0.4 is 0 Å². The van der Waals surface area contributed by atoms with Gasteiger partial charge in [-0.15, -0.1) is 5.10 Å². The van der Waals surface area contributed by atoms with Gasteiger partial charge < -0.3 is 13.6 Å². The van der Waals surface area contributed by atoms with Gasteiger partial charge in [0, 0.05) is 97.4 Å². The smallest absolute Gasteiger partial charge is 0.196 e. The lowest BCUT2D eigenvalue weighted by molar-refractivity contribution is 0.422. The summed E-state index contributed by atoms with van der Waals surface area (Å²) in [6.45, 7) is 60.3. The zero-order chi connectivity index (χ0) is 59.9. The van der Waals surface area contributed by atoms with Crippen molar-refractivity contribution < 1.29 is 4.42 Å². The van der Waals surface area contributed by atoms with Crippen LogP contribution in [0.5, 0.6) is 0 Å². The standard InChI is InChI=1S/C10H18N2.C10H17N.3C9H16N2.C9H15NO.C8H15N3/c1-7(2)9-6-11-10(8(3)4)12(9)5;1-7(2)9-5-10(8(3)4)11-6-9;1-7(2)9-5-11(6-10-9)8(3)4;1-7(2)9-5-10-11(6-9)8(3)4;1-6(2)8-5-9(7(3)4)11-10-8;1-6(2)8-5-10-9(11-8)7(3)4;1-6(2)8-5-11(7(3)4)10-9-8/h6-8H,1-5H3;6-8H,5H2,1-4H3;2*5-8H,1-4H3;5-7H,1-4H3,(H,10,11);2*5-7H,1-4H3. The summed E-state index contributed by atoms with van der Waals surface area (Å²) in [4.78, 5) is 17.3. The number of aliphatic imine (C=N–C) groups is 1. The SMILES string of the molecule is CC(C)C1=CN=C(C(C)C)C1.CC(C)c1cc(C(C)C)[nH]n1.CC(C)c1cn(C(C)C)cn1.CC(C)c1cn(C(C)C)nn1.CC(C)c1cnc(C(C)C)n1C.CC(C)c1cnc(C(C)C)o1.CC(C)c1cnn(C(C)C)c1. The second-order valence-corrected chi connectivity index (χ2v) is 25.1. The third-order valence-electron chi connectivity index (χ3n) is 13.1. The van der Waals surface area contributed by atoms with E-state index in [0.29, 0.717) is 83.2 Å². The maximum Gasteiger partial charge on any atom is 0.196 e. The van der Waals surface area contributed by atoms with Crippen LogP contribution >= 0.6 is 0 Å². The topological polar surface area (TPSA) is 151 Å². The molecule has 0 saturated heterocycles. The van der Waals surface area contributed by atoms with Crippen molar-refractivity contribution in [1.29, 1.82) is 0 Å². The number of nitrogens with one attached hydrogen (secondary N) is 1. The van der Waals surface area contributed by atoms with Gasteiger partial charge in [0.05, 0.1) is 35.8 Å². The van der Waals surface area contributed by atoms with Gasteiger partial charge in [-0.1, -0.05) is 158 Å². The number of hydrogen-bond acceptors (Lipinski definition) is 9. The molecule has 6 aromatic rings. The van der Waals surface area contributed by atoms with Gasteiger partial charge in [-0.25, -0.2) is 19.6 Å². The van der Waals surface area contributed by atoms with Crippen LogP contribution in [0.4, 0.5) is 0 Å². The molecule has 0 radical (unpaired) electrons. The first-order valence-electron chi connectivity index (χ1n) is 29.5. The molecule has 1 aliphatic heterocycles. The van der Waals surface area contributed by atoms with Crippen LogP contribution in [0.1, 0.15) is 323 Å². The predicted octanol–water partition coefficient (Wildman–Crippen LogP) is 18.4. The predicted molar refractivity (Wildman–Crippen MR) is 331 cm³/mol. The minimum Gasteiger partial charge on any atom is -0.445 e. The van der Waals surface area contributed by atoms with Crippen molar-refractivity contribution in [3.05, 3.63) is 113 Å². The molecule has 7 heterocycles. The highest BCUT2D eigenvalue weighted by Crippen LogP contribution is 2.24. The zero-order valence-corrected chi connectivity index (χ0v) is 54.8. The number of hydrogen-bond donors (Lipinski definition) is 1. The number of aromatic amines is 1. The maximum atomic E-state index is 5.50. The normalized spacial score (nSPS) is 12.3. The lowest BCUT2D eigenvalue weighted by Gasteiger charge is -2.09. The molecule has 0 amide bonds. The van der Waals surface area contributed by atoms with Gasteiger partial charge >= 0.3 is 0 Å². The molecular weight excluding hydrogens is 967 g/mol. The molecule has 78 heavy (non-hydrogen) atoms. The van der Waals surface area contributed by atoms with Crippen molar-refractivity contribution in [2.45, 2.75) is 272 Å². The molecule has 0 aliphatic carbocycles. The first kappa shape index (κ1) is 70.6. The van der Waals surface area contributed by atoms with Gasteiger partial charge in [0.15, 0.2) is 5.89 Å². The van der Waals surface area contributed by atoms with E-state index in [1.165, 1.54) is 39.8 Å². The first-order valence-corrected chi connectivity index (χ1v) is 29.5. The molecule has 0 atom stereocenters. The summed E-state index contributed by atoms with van der Waals surface area (Å²) in [7, 11) is 2.09. The monoisotopic (exact) mass is 1080 g/mol. The molecule has 440 valence electrons. The molecule has 1 aliphatic rings. The number of nitrogens with zero attached hydrogens (tertiary/aromatic N) is 12. The number of oxazole rings is 1. The Morgan fingerprint density at radius 2 is 1.09 bits per heavy atom. The highest BCUT2D eigenvalue weighted by Gasteiger charge is 2.16. The summed E-state index contributed by atoms with van der Waals surface area (Å²) in [5.41, 5.74) is 10.1. The van der Waals surface area contributed by atoms with Gasteiger partial charge in [-0.05, 0) is 106 Å². The lowest BCUT2D eigenvalue weighted by Crippen LogP contribution is -2.06. The molecule has 0 bridgehead atoms. The van der Waals surface area contributed by atoms with Crippen LogP contribution in [0.15, 0.2) is 70.8 Å². The zero-order valence-electron chi connectivity index (χ0n) is 54.8. The fraction of sp³-hybridized carbons (Fsp3) is 0.688. The summed E-state index contributed by atoms with van der Waals surface area (Å²) < 4.78 is 13.7. The Balaban J connectivity index is 0.000000455. The van der Waals surface area contributed by atoms with E-state index in [1.807, 2.05) is 46.7 Å². The Kier molecular flexibility index (Phi) is 31.3. The average Bonchev–Trinajstić information content (AvgIpc) is 4.21. The van der Waals surface area contributed by atoms with Crippen molar-refractivity contribution in [2.75, 3.05) is 0 Å². The van der Waals surface area contributed by atoms with Crippen molar-refractivity contribution in [3.8, 4) is 0 Å². The highest BCUT2D eigenvalue weighted by atomic mass is 16.4. The third kappa shape index (κ3) is 24.7. The molecule has 14 heteroatoms. The minimum absolute atomic E-state index is 0.391. The van der Waals surface area contributed by atoms with Gasteiger partial charge in [-0.3, -0.25) is 14.8 Å². The largest absolute Gasteiger partial charge is 0.445 e. The summed E-state index contributed by atoms with van der Waals surface area (Å²) >= 11 is 0. The number of imidazole rings is 2. The Morgan fingerprint density at radius 3 is 1.36 bits per heavy atom. The third-order valence-corrected chi connectivity index (χ3v) is 13.1. The van der Waals surface area contributed by atoms with Gasteiger partial charge in [-0.2, -0.15) is 10.2 Å². The first-order chi connectivity index (χ1) is 36.2. The van der Waals surface area contributed by atoms with Gasteiger partial charge in [0.2, 0.25) is 0 Å². The van der Waals surface area contributed by atoms with E-state index in [4.69, 9.17) is 4.42 Å². The van der Waals surface area contributed by atoms with Gasteiger partial charge in [0.25, 0.3) is 0 Å². The van der Waals surface area contributed by atoms with Gasteiger partial charge in [0.1, 0.15) is 11.6 Å². The number of aromatic nitrogens is 12. The van der Waals surface area contributed by atoms with E-state index >= 15 is 0 Å². The molecule has 0 aromatic carbocycles. The van der Waals surface area contributed by atoms with E-state index in [9.17, 15) is 0 Å².